The summed E-state index contributed by atoms with van der Waals surface area (Å²) >= 11 is 0. The summed E-state index contributed by atoms with van der Waals surface area (Å²) in [6, 6.07) is 1.22. The average molecular weight is 267 g/mol. The maximum atomic E-state index is 12.4. The quantitative estimate of drug-likeness (QED) is 0.885. The zero-order chi connectivity index (χ0) is 13.8. The van der Waals surface area contributed by atoms with E-state index in [2.05, 4.69) is 0 Å². The van der Waals surface area contributed by atoms with E-state index in [4.69, 9.17) is 14.3 Å². The lowest BCUT2D eigenvalue weighted by molar-refractivity contribution is -0.139. The van der Waals surface area contributed by atoms with Crippen molar-refractivity contribution in [3.05, 3.63) is 23.7 Å². The molecule has 104 valence electrons. The van der Waals surface area contributed by atoms with Gasteiger partial charge in [-0.1, -0.05) is 6.92 Å². The van der Waals surface area contributed by atoms with E-state index in [1.807, 2.05) is 6.92 Å². The molecule has 1 amide bonds. The van der Waals surface area contributed by atoms with Crippen molar-refractivity contribution in [3.8, 4) is 0 Å². The number of ether oxygens (including phenoxy) is 1. The van der Waals surface area contributed by atoms with Crippen LogP contribution in [-0.4, -0.2) is 47.7 Å². The zero-order valence-electron chi connectivity index (χ0n) is 10.8. The van der Waals surface area contributed by atoms with Crippen LogP contribution in [-0.2, 0) is 16.0 Å². The molecule has 1 aliphatic heterocycles. The van der Waals surface area contributed by atoms with Crippen LogP contribution in [0.5, 0.6) is 0 Å². The van der Waals surface area contributed by atoms with Crippen molar-refractivity contribution in [3.63, 3.8) is 0 Å². The van der Waals surface area contributed by atoms with E-state index >= 15 is 0 Å². The molecule has 1 aliphatic rings. The number of carbonyl (C=O) groups is 2. The predicted molar refractivity (Wildman–Crippen MR) is 66.0 cm³/mol. The minimum Gasteiger partial charge on any atom is -0.481 e. The van der Waals surface area contributed by atoms with Gasteiger partial charge in [0, 0.05) is 13.0 Å². The largest absolute Gasteiger partial charge is 0.481 e. The standard InChI is InChI=1S/C13H17NO5/c1-2-11-10(3-5-19-11)13(17)14-4-6-18-8-9(14)7-12(15)16/h3,5,9H,2,4,6-8H2,1H3,(H,15,16). The molecule has 1 unspecified atom stereocenters. The molecule has 0 aliphatic carbocycles. The van der Waals surface area contributed by atoms with Crippen LogP contribution in [0.3, 0.4) is 0 Å². The summed E-state index contributed by atoms with van der Waals surface area (Å²) in [5.74, 6) is -0.484. The second kappa shape index (κ2) is 5.88. The molecular weight excluding hydrogens is 250 g/mol. The summed E-state index contributed by atoms with van der Waals surface area (Å²) in [4.78, 5) is 24.9. The number of hydrogen-bond donors (Lipinski definition) is 1. The fourth-order valence-electron chi connectivity index (χ4n) is 2.25. The van der Waals surface area contributed by atoms with Gasteiger partial charge in [0.05, 0.1) is 37.5 Å². The molecule has 2 heterocycles. The van der Waals surface area contributed by atoms with Crippen molar-refractivity contribution >= 4 is 11.9 Å². The number of morpholine rings is 1. The van der Waals surface area contributed by atoms with E-state index in [1.165, 1.54) is 6.26 Å². The maximum absolute atomic E-state index is 12.4. The molecule has 1 aromatic rings. The number of rotatable bonds is 4. The summed E-state index contributed by atoms with van der Waals surface area (Å²) in [7, 11) is 0. The van der Waals surface area contributed by atoms with Gasteiger partial charge < -0.3 is 19.2 Å². The highest BCUT2D eigenvalue weighted by Gasteiger charge is 2.31. The third kappa shape index (κ3) is 2.96. The van der Waals surface area contributed by atoms with Gasteiger partial charge in [-0.05, 0) is 6.07 Å². The summed E-state index contributed by atoms with van der Waals surface area (Å²) < 4.78 is 10.5. The van der Waals surface area contributed by atoms with Crippen LogP contribution in [0.1, 0.15) is 29.5 Å². The minimum atomic E-state index is -0.934. The lowest BCUT2D eigenvalue weighted by Gasteiger charge is -2.34. The first-order valence-electron chi connectivity index (χ1n) is 6.30. The Balaban J connectivity index is 2.17. The third-order valence-corrected chi connectivity index (χ3v) is 3.20. The first-order chi connectivity index (χ1) is 9.13. The van der Waals surface area contributed by atoms with Crippen LogP contribution < -0.4 is 0 Å². The SMILES string of the molecule is CCc1occc1C(=O)N1CCOCC1CC(=O)O. The topological polar surface area (TPSA) is 80.0 Å². The number of carboxylic acids is 1. The van der Waals surface area contributed by atoms with E-state index in [0.717, 1.165) is 0 Å². The van der Waals surface area contributed by atoms with Crippen molar-refractivity contribution in [2.75, 3.05) is 19.8 Å². The number of nitrogens with zero attached hydrogens (tertiary/aromatic N) is 1. The molecule has 0 aromatic carbocycles. The van der Waals surface area contributed by atoms with E-state index in [9.17, 15) is 9.59 Å². The zero-order valence-corrected chi connectivity index (χ0v) is 10.8. The van der Waals surface area contributed by atoms with Gasteiger partial charge in [-0.3, -0.25) is 9.59 Å². The van der Waals surface area contributed by atoms with Gasteiger partial charge in [0.1, 0.15) is 5.76 Å². The van der Waals surface area contributed by atoms with Crippen molar-refractivity contribution < 1.29 is 23.8 Å². The molecule has 1 N–H and O–H groups in total. The number of carboxylic acid groups (broad SMARTS) is 1. The highest BCUT2D eigenvalue weighted by molar-refractivity contribution is 5.95. The summed E-state index contributed by atoms with van der Waals surface area (Å²) in [6.45, 7) is 3.01. The molecule has 1 saturated heterocycles. The molecule has 0 radical (unpaired) electrons. The Morgan fingerprint density at radius 3 is 3.00 bits per heavy atom. The van der Waals surface area contributed by atoms with Crippen molar-refractivity contribution in [1.82, 2.24) is 4.90 Å². The van der Waals surface area contributed by atoms with Crippen LogP contribution in [0.15, 0.2) is 16.7 Å². The summed E-state index contributed by atoms with van der Waals surface area (Å²) in [6.07, 6.45) is 2.01. The number of amides is 1. The van der Waals surface area contributed by atoms with Gasteiger partial charge in [0.25, 0.3) is 5.91 Å². The summed E-state index contributed by atoms with van der Waals surface area (Å²) in [5, 5.41) is 8.88. The molecule has 1 aromatic heterocycles. The first-order valence-corrected chi connectivity index (χ1v) is 6.30. The van der Waals surface area contributed by atoms with Crippen molar-refractivity contribution in [2.45, 2.75) is 25.8 Å². The molecule has 6 nitrogen and oxygen atoms in total. The normalized spacial score (nSPS) is 19.4. The lowest BCUT2D eigenvalue weighted by Crippen LogP contribution is -2.49. The second-order valence-corrected chi connectivity index (χ2v) is 4.44. The molecule has 6 heteroatoms. The molecular formula is C13H17NO5. The van der Waals surface area contributed by atoms with E-state index in [0.29, 0.717) is 30.9 Å². The fraction of sp³-hybridized carbons (Fsp3) is 0.538. The second-order valence-electron chi connectivity index (χ2n) is 4.44. The van der Waals surface area contributed by atoms with Gasteiger partial charge >= 0.3 is 5.97 Å². The van der Waals surface area contributed by atoms with Crippen LogP contribution in [0.25, 0.3) is 0 Å². The highest BCUT2D eigenvalue weighted by atomic mass is 16.5. The Kier molecular flexibility index (Phi) is 4.21. The van der Waals surface area contributed by atoms with Gasteiger partial charge in [-0.15, -0.1) is 0 Å². The lowest BCUT2D eigenvalue weighted by atomic mass is 10.1. The Morgan fingerprint density at radius 1 is 1.53 bits per heavy atom. The average Bonchev–Trinajstić information content (AvgIpc) is 2.86. The molecule has 0 bridgehead atoms. The monoisotopic (exact) mass is 267 g/mol. The molecule has 19 heavy (non-hydrogen) atoms. The van der Waals surface area contributed by atoms with Gasteiger partial charge in [-0.25, -0.2) is 0 Å². The molecule has 0 saturated carbocycles. The Hall–Kier alpha value is -1.82. The minimum absolute atomic E-state index is 0.106. The Morgan fingerprint density at radius 2 is 2.32 bits per heavy atom. The number of furan rings is 1. The highest BCUT2D eigenvalue weighted by Crippen LogP contribution is 2.19. The first kappa shape index (κ1) is 13.6. The van der Waals surface area contributed by atoms with Gasteiger partial charge in [0.15, 0.2) is 0 Å². The number of hydrogen-bond acceptors (Lipinski definition) is 4. The number of carbonyl (C=O) groups excluding carboxylic acids is 1. The summed E-state index contributed by atoms with van der Waals surface area (Å²) in [5.41, 5.74) is 0.514. The van der Waals surface area contributed by atoms with E-state index in [-0.39, 0.29) is 18.9 Å². The van der Waals surface area contributed by atoms with Crippen LogP contribution in [0, 0.1) is 0 Å². The van der Waals surface area contributed by atoms with Crippen LogP contribution in [0.4, 0.5) is 0 Å². The molecule has 0 spiro atoms. The van der Waals surface area contributed by atoms with Crippen LogP contribution in [0.2, 0.25) is 0 Å². The van der Waals surface area contributed by atoms with E-state index in [1.54, 1.807) is 11.0 Å². The smallest absolute Gasteiger partial charge is 0.305 e. The third-order valence-electron chi connectivity index (χ3n) is 3.20. The van der Waals surface area contributed by atoms with Gasteiger partial charge in [-0.2, -0.15) is 0 Å². The predicted octanol–water partition coefficient (Wildman–Crippen LogP) is 1.16. The molecule has 1 fully saturated rings. The maximum Gasteiger partial charge on any atom is 0.305 e. The molecule has 1 atom stereocenters. The number of aliphatic carboxylic acids is 1. The van der Waals surface area contributed by atoms with Crippen molar-refractivity contribution in [1.29, 1.82) is 0 Å². The molecule has 2 rings (SSSR count). The Labute approximate surface area is 110 Å². The number of aryl methyl sites for hydroxylation is 1. The van der Waals surface area contributed by atoms with Crippen LogP contribution >= 0.6 is 0 Å². The fourth-order valence-corrected chi connectivity index (χ4v) is 2.25. The van der Waals surface area contributed by atoms with Crippen molar-refractivity contribution in [2.24, 2.45) is 0 Å². The van der Waals surface area contributed by atoms with E-state index < -0.39 is 12.0 Å². The van der Waals surface area contributed by atoms with Gasteiger partial charge in [0.2, 0.25) is 0 Å². The Bertz CT molecular complexity index is 467.